The minimum absolute atomic E-state index is 0.163. The monoisotopic (exact) mass is 259 g/mol. The molecule has 1 aromatic carbocycles. The largest absolute Gasteiger partial charge is 0.478 e. The van der Waals surface area contributed by atoms with Crippen LogP contribution in [0.1, 0.15) is 31.1 Å². The molecular weight excluding hydrogens is 244 g/mol. The molecule has 6 heteroatoms. The number of carboxylic acids is 1. The number of nitrogens with one attached hydrogen (secondary N) is 1. The number of rotatable bonds is 4. The fourth-order valence-electron chi connectivity index (χ4n) is 1.23. The summed E-state index contributed by atoms with van der Waals surface area (Å²) < 4.78 is 26.6. The summed E-state index contributed by atoms with van der Waals surface area (Å²) in [5.41, 5.74) is -1.92. The Kier molecular flexibility index (Phi) is 3.91. The van der Waals surface area contributed by atoms with Crippen molar-refractivity contribution in [3.05, 3.63) is 29.3 Å². The van der Waals surface area contributed by atoms with Crippen LogP contribution in [-0.2, 0) is 0 Å². The van der Waals surface area contributed by atoms with E-state index < -0.39 is 34.8 Å². The molecule has 0 saturated carbocycles. The first-order valence-electron chi connectivity index (χ1n) is 5.34. The number of hydrogen-bond donors (Lipinski definition) is 3. The van der Waals surface area contributed by atoms with Crippen LogP contribution in [0, 0.1) is 11.6 Å². The molecule has 100 valence electrons. The number of aromatic carboxylic acids is 1. The SMILES string of the molecule is CC(Nc1cc(C(=O)O)c(F)cc1F)C(C)(C)O. The van der Waals surface area contributed by atoms with Gasteiger partial charge in [0.2, 0.25) is 0 Å². The molecule has 3 N–H and O–H groups in total. The first-order valence-corrected chi connectivity index (χ1v) is 5.34. The molecule has 0 saturated heterocycles. The number of benzene rings is 1. The Morgan fingerprint density at radius 2 is 1.89 bits per heavy atom. The van der Waals surface area contributed by atoms with E-state index in [1.54, 1.807) is 6.92 Å². The maximum atomic E-state index is 13.5. The summed E-state index contributed by atoms with van der Waals surface area (Å²) in [6, 6.07) is 0.831. The van der Waals surface area contributed by atoms with Crippen LogP contribution in [-0.4, -0.2) is 27.8 Å². The van der Waals surface area contributed by atoms with E-state index in [4.69, 9.17) is 5.11 Å². The van der Waals surface area contributed by atoms with Crippen LogP contribution in [0.15, 0.2) is 12.1 Å². The Labute approximate surface area is 103 Å². The zero-order chi connectivity index (χ0) is 14.1. The predicted molar refractivity (Wildman–Crippen MR) is 62.7 cm³/mol. The highest BCUT2D eigenvalue weighted by atomic mass is 19.1. The van der Waals surface area contributed by atoms with E-state index in [2.05, 4.69) is 5.32 Å². The molecule has 4 nitrogen and oxygen atoms in total. The number of hydrogen-bond acceptors (Lipinski definition) is 3. The van der Waals surface area contributed by atoms with Gasteiger partial charge in [-0.2, -0.15) is 0 Å². The fraction of sp³-hybridized carbons (Fsp3) is 0.417. The molecule has 0 amide bonds. The van der Waals surface area contributed by atoms with Gasteiger partial charge in [-0.1, -0.05) is 0 Å². The number of anilines is 1. The van der Waals surface area contributed by atoms with E-state index in [-0.39, 0.29) is 5.69 Å². The molecule has 1 rings (SSSR count). The van der Waals surface area contributed by atoms with Gasteiger partial charge in [0.1, 0.15) is 11.6 Å². The molecule has 0 aliphatic heterocycles. The molecular formula is C12H15F2NO3. The Morgan fingerprint density at radius 3 is 2.33 bits per heavy atom. The van der Waals surface area contributed by atoms with Crippen molar-refractivity contribution in [2.75, 3.05) is 5.32 Å². The summed E-state index contributed by atoms with van der Waals surface area (Å²) in [6.07, 6.45) is 0. The summed E-state index contributed by atoms with van der Waals surface area (Å²) in [5, 5.41) is 21.0. The van der Waals surface area contributed by atoms with Crippen LogP contribution in [0.25, 0.3) is 0 Å². The quantitative estimate of drug-likeness (QED) is 0.775. The van der Waals surface area contributed by atoms with Gasteiger partial charge in [0, 0.05) is 6.07 Å². The number of carbonyl (C=O) groups is 1. The van der Waals surface area contributed by atoms with Crippen molar-refractivity contribution in [3.63, 3.8) is 0 Å². The van der Waals surface area contributed by atoms with Gasteiger partial charge in [-0.25, -0.2) is 13.6 Å². The number of carboxylic acid groups (broad SMARTS) is 1. The summed E-state index contributed by atoms with van der Waals surface area (Å²) in [5.74, 6) is -3.53. The van der Waals surface area contributed by atoms with Crippen LogP contribution in [0.5, 0.6) is 0 Å². The molecule has 1 unspecified atom stereocenters. The van der Waals surface area contributed by atoms with Gasteiger partial charge in [-0.05, 0) is 26.8 Å². The van der Waals surface area contributed by atoms with Gasteiger partial charge in [0.15, 0.2) is 0 Å². The Bertz CT molecular complexity index is 469. The van der Waals surface area contributed by atoms with Crippen LogP contribution < -0.4 is 5.32 Å². The highest BCUT2D eigenvalue weighted by molar-refractivity contribution is 5.89. The van der Waals surface area contributed by atoms with Gasteiger partial charge in [0.25, 0.3) is 0 Å². The standard InChI is InChI=1S/C12H15F2NO3/c1-6(12(2,3)18)15-10-4-7(11(16)17)8(13)5-9(10)14/h4-6,15,18H,1-3H3,(H,16,17). The lowest BCUT2D eigenvalue weighted by molar-refractivity contribution is 0.0648. The smallest absolute Gasteiger partial charge is 0.338 e. The lowest BCUT2D eigenvalue weighted by atomic mass is 10.0. The van der Waals surface area contributed by atoms with Gasteiger partial charge in [-0.3, -0.25) is 0 Å². The first-order chi connectivity index (χ1) is 8.12. The second-order valence-electron chi connectivity index (χ2n) is 4.64. The van der Waals surface area contributed by atoms with Gasteiger partial charge in [-0.15, -0.1) is 0 Å². The molecule has 0 radical (unpaired) electrons. The molecule has 0 aromatic heterocycles. The van der Waals surface area contributed by atoms with E-state index >= 15 is 0 Å². The molecule has 0 heterocycles. The number of halogens is 2. The van der Waals surface area contributed by atoms with Gasteiger partial charge in [0.05, 0.1) is 22.9 Å². The maximum absolute atomic E-state index is 13.5. The first kappa shape index (κ1) is 14.4. The third-order valence-corrected chi connectivity index (χ3v) is 2.72. The van der Waals surface area contributed by atoms with Crippen molar-refractivity contribution >= 4 is 11.7 Å². The summed E-state index contributed by atoms with van der Waals surface area (Å²) in [6.45, 7) is 4.64. The Hall–Kier alpha value is -1.69. The summed E-state index contributed by atoms with van der Waals surface area (Å²) in [7, 11) is 0. The van der Waals surface area contributed by atoms with Crippen molar-refractivity contribution in [2.45, 2.75) is 32.4 Å². The fourth-order valence-corrected chi connectivity index (χ4v) is 1.23. The molecule has 0 aliphatic rings. The van der Waals surface area contributed by atoms with Crippen LogP contribution >= 0.6 is 0 Å². The summed E-state index contributed by atoms with van der Waals surface area (Å²) in [4.78, 5) is 10.7. The molecule has 0 bridgehead atoms. The second-order valence-corrected chi connectivity index (χ2v) is 4.64. The van der Waals surface area contributed by atoms with E-state index in [0.717, 1.165) is 6.07 Å². The normalized spacial score (nSPS) is 13.2. The highest BCUT2D eigenvalue weighted by Crippen LogP contribution is 2.22. The van der Waals surface area contributed by atoms with Crippen molar-refractivity contribution in [2.24, 2.45) is 0 Å². The molecule has 18 heavy (non-hydrogen) atoms. The summed E-state index contributed by atoms with van der Waals surface area (Å²) >= 11 is 0. The number of aliphatic hydroxyl groups is 1. The minimum atomic E-state index is -1.48. The van der Waals surface area contributed by atoms with Crippen molar-refractivity contribution in [3.8, 4) is 0 Å². The lowest BCUT2D eigenvalue weighted by Crippen LogP contribution is -2.39. The van der Waals surface area contributed by atoms with E-state index in [9.17, 15) is 18.7 Å². The van der Waals surface area contributed by atoms with Crippen molar-refractivity contribution in [1.82, 2.24) is 0 Å². The zero-order valence-electron chi connectivity index (χ0n) is 10.3. The zero-order valence-corrected chi connectivity index (χ0v) is 10.3. The van der Waals surface area contributed by atoms with Gasteiger partial charge < -0.3 is 15.5 Å². The average molecular weight is 259 g/mol. The van der Waals surface area contributed by atoms with E-state index in [1.807, 2.05) is 0 Å². The minimum Gasteiger partial charge on any atom is -0.478 e. The van der Waals surface area contributed by atoms with Crippen LogP contribution in [0.4, 0.5) is 14.5 Å². The molecule has 0 aliphatic carbocycles. The van der Waals surface area contributed by atoms with Crippen molar-refractivity contribution in [1.29, 1.82) is 0 Å². The maximum Gasteiger partial charge on any atom is 0.338 e. The molecule has 1 atom stereocenters. The van der Waals surface area contributed by atoms with Gasteiger partial charge >= 0.3 is 5.97 Å². The molecule has 1 aromatic rings. The predicted octanol–water partition coefficient (Wildman–Crippen LogP) is 2.23. The highest BCUT2D eigenvalue weighted by Gasteiger charge is 2.24. The third-order valence-electron chi connectivity index (χ3n) is 2.72. The van der Waals surface area contributed by atoms with Crippen LogP contribution in [0.3, 0.4) is 0 Å². The Morgan fingerprint density at radius 1 is 1.33 bits per heavy atom. The lowest BCUT2D eigenvalue weighted by Gasteiger charge is -2.27. The van der Waals surface area contributed by atoms with Crippen molar-refractivity contribution < 1.29 is 23.8 Å². The van der Waals surface area contributed by atoms with Crippen LogP contribution in [0.2, 0.25) is 0 Å². The molecule has 0 spiro atoms. The average Bonchev–Trinajstić information content (AvgIpc) is 2.19. The second kappa shape index (κ2) is 4.89. The van der Waals surface area contributed by atoms with E-state index in [0.29, 0.717) is 6.07 Å². The van der Waals surface area contributed by atoms with E-state index in [1.165, 1.54) is 13.8 Å². The Balaban J connectivity index is 3.10. The molecule has 0 fully saturated rings. The third kappa shape index (κ3) is 3.16. The topological polar surface area (TPSA) is 69.6 Å².